The minimum Gasteiger partial charge on any atom is -0.445 e. The van der Waals surface area contributed by atoms with E-state index in [0.717, 1.165) is 5.56 Å². The molecule has 0 aliphatic carbocycles. The summed E-state index contributed by atoms with van der Waals surface area (Å²) < 4.78 is 5.16. The monoisotopic (exact) mass is 481 g/mol. The fourth-order valence-electron chi connectivity index (χ4n) is 3.25. The fourth-order valence-corrected chi connectivity index (χ4v) is 3.25. The molecular weight excluding hydrogens is 454 g/mol. The number of amides is 5. The lowest BCUT2D eigenvalue weighted by Gasteiger charge is -2.29. The minimum absolute atomic E-state index is 0.0283. The Labute approximate surface area is 202 Å². The Morgan fingerprint density at radius 1 is 0.971 bits per heavy atom. The van der Waals surface area contributed by atoms with Crippen LogP contribution < -0.4 is 26.6 Å². The van der Waals surface area contributed by atoms with Gasteiger partial charge in [0, 0.05) is 13.6 Å². The molecule has 1 saturated heterocycles. The van der Waals surface area contributed by atoms with Gasteiger partial charge in [0.05, 0.1) is 6.42 Å². The average Bonchev–Trinajstić information content (AvgIpc) is 2.88. The molecule has 11 heteroatoms. The van der Waals surface area contributed by atoms with Crippen molar-refractivity contribution in [1.29, 1.82) is 0 Å². The van der Waals surface area contributed by atoms with E-state index in [1.165, 1.54) is 7.05 Å². The Morgan fingerprint density at radius 3 is 2.20 bits per heavy atom. The van der Waals surface area contributed by atoms with Gasteiger partial charge in [-0.3, -0.25) is 19.2 Å². The Balaban J connectivity index is 1.70. The van der Waals surface area contributed by atoms with Crippen LogP contribution in [0.1, 0.15) is 23.6 Å². The molecule has 2 aromatic carbocycles. The number of carbonyl (C=O) groups is 5. The van der Waals surface area contributed by atoms with E-state index >= 15 is 0 Å². The van der Waals surface area contributed by atoms with E-state index < -0.39 is 41.9 Å². The van der Waals surface area contributed by atoms with Gasteiger partial charge < -0.3 is 31.3 Å². The number of ether oxygens (including phenoxy) is 1. The number of carbonyl (C=O) groups excluding carboxylic acids is 5. The summed E-state index contributed by atoms with van der Waals surface area (Å²) in [7, 11) is 1.40. The zero-order chi connectivity index (χ0) is 25.2. The molecule has 3 rings (SSSR count). The Morgan fingerprint density at radius 2 is 1.63 bits per heavy atom. The van der Waals surface area contributed by atoms with Crippen LogP contribution in [0.3, 0.4) is 0 Å². The van der Waals surface area contributed by atoms with Gasteiger partial charge in [0.2, 0.25) is 23.6 Å². The first-order valence-corrected chi connectivity index (χ1v) is 11.0. The van der Waals surface area contributed by atoms with Crippen LogP contribution in [-0.4, -0.2) is 55.4 Å². The lowest BCUT2D eigenvalue weighted by molar-refractivity contribution is -0.135. The third kappa shape index (κ3) is 7.29. The largest absolute Gasteiger partial charge is 0.445 e. The van der Waals surface area contributed by atoms with Gasteiger partial charge in [0.25, 0.3) is 0 Å². The van der Waals surface area contributed by atoms with Crippen molar-refractivity contribution in [1.82, 2.24) is 26.6 Å². The van der Waals surface area contributed by atoms with Crippen molar-refractivity contribution in [2.24, 2.45) is 0 Å². The van der Waals surface area contributed by atoms with E-state index in [-0.39, 0.29) is 25.5 Å². The van der Waals surface area contributed by atoms with Crippen molar-refractivity contribution in [3.63, 3.8) is 0 Å². The molecule has 3 atom stereocenters. The maximum atomic E-state index is 13.1. The van der Waals surface area contributed by atoms with Crippen molar-refractivity contribution in [3.05, 3.63) is 71.8 Å². The first-order valence-electron chi connectivity index (χ1n) is 11.0. The van der Waals surface area contributed by atoms with Crippen molar-refractivity contribution in [3.8, 4) is 0 Å². The van der Waals surface area contributed by atoms with E-state index in [2.05, 4.69) is 26.6 Å². The third-order valence-electron chi connectivity index (χ3n) is 5.28. The first-order chi connectivity index (χ1) is 16.9. The van der Waals surface area contributed by atoms with E-state index in [1.54, 1.807) is 54.6 Å². The summed E-state index contributed by atoms with van der Waals surface area (Å²) in [5, 5.41) is 12.5. The van der Waals surface area contributed by atoms with Crippen molar-refractivity contribution in [2.45, 2.75) is 31.2 Å². The molecule has 3 unspecified atom stereocenters. The second-order valence-electron chi connectivity index (χ2n) is 7.79. The molecule has 5 amide bonds. The zero-order valence-corrected chi connectivity index (χ0v) is 19.1. The molecule has 11 nitrogen and oxygen atoms in total. The molecular formula is C24H27N5O6. The molecule has 35 heavy (non-hydrogen) atoms. The van der Waals surface area contributed by atoms with E-state index in [9.17, 15) is 24.0 Å². The van der Waals surface area contributed by atoms with Gasteiger partial charge in [0.15, 0.2) is 0 Å². The SMILES string of the molecule is CNC(=O)CC(NC(=O)OCc1ccccc1)C(=O)NC(C(=O)NC1CNC1=O)c1ccccc1. The van der Waals surface area contributed by atoms with Crippen LogP contribution in [-0.2, 0) is 30.5 Å². The van der Waals surface area contributed by atoms with Crippen LogP contribution in [0.2, 0.25) is 0 Å². The highest BCUT2D eigenvalue weighted by molar-refractivity contribution is 5.97. The molecule has 184 valence electrons. The summed E-state index contributed by atoms with van der Waals surface area (Å²) in [6.07, 6.45) is -1.28. The number of hydrogen-bond donors (Lipinski definition) is 5. The Bertz CT molecular complexity index is 1060. The summed E-state index contributed by atoms with van der Waals surface area (Å²) >= 11 is 0. The predicted octanol–water partition coefficient (Wildman–Crippen LogP) is -0.110. The smallest absolute Gasteiger partial charge is 0.408 e. The van der Waals surface area contributed by atoms with Gasteiger partial charge in [-0.15, -0.1) is 0 Å². The highest BCUT2D eigenvalue weighted by Crippen LogP contribution is 2.14. The minimum atomic E-state index is -1.32. The van der Waals surface area contributed by atoms with Crippen LogP contribution in [0, 0.1) is 0 Å². The van der Waals surface area contributed by atoms with Gasteiger partial charge >= 0.3 is 6.09 Å². The molecule has 5 N–H and O–H groups in total. The van der Waals surface area contributed by atoms with Gasteiger partial charge in [-0.05, 0) is 11.1 Å². The summed E-state index contributed by atoms with van der Waals surface area (Å²) in [5.74, 6) is -2.20. The average molecular weight is 482 g/mol. The number of β-lactam (4-membered cyclic amide) rings is 1. The van der Waals surface area contributed by atoms with E-state index in [0.29, 0.717) is 5.56 Å². The van der Waals surface area contributed by atoms with E-state index in [1.807, 2.05) is 6.07 Å². The van der Waals surface area contributed by atoms with Crippen LogP contribution >= 0.6 is 0 Å². The zero-order valence-electron chi connectivity index (χ0n) is 19.1. The molecule has 0 bridgehead atoms. The second-order valence-corrected chi connectivity index (χ2v) is 7.79. The van der Waals surface area contributed by atoms with Crippen LogP contribution in [0.5, 0.6) is 0 Å². The molecule has 0 saturated carbocycles. The Kier molecular flexibility index (Phi) is 8.76. The summed E-state index contributed by atoms with van der Waals surface area (Å²) in [4.78, 5) is 61.9. The summed E-state index contributed by atoms with van der Waals surface area (Å²) in [6, 6.07) is 14.2. The lowest BCUT2D eigenvalue weighted by Crippen LogP contribution is -2.63. The molecule has 0 spiro atoms. The fraction of sp³-hybridized carbons (Fsp3) is 0.292. The molecule has 1 aliphatic rings. The Hall–Kier alpha value is -4.41. The summed E-state index contributed by atoms with van der Waals surface area (Å²) in [6.45, 7) is 0.258. The van der Waals surface area contributed by atoms with Gasteiger partial charge in [-0.25, -0.2) is 4.79 Å². The quantitative estimate of drug-likeness (QED) is 0.298. The number of rotatable bonds is 10. The van der Waals surface area contributed by atoms with Crippen LogP contribution in [0.15, 0.2) is 60.7 Å². The molecule has 0 radical (unpaired) electrons. The maximum absolute atomic E-state index is 13.1. The van der Waals surface area contributed by atoms with Crippen LogP contribution in [0.25, 0.3) is 0 Å². The highest BCUT2D eigenvalue weighted by atomic mass is 16.5. The highest BCUT2D eigenvalue weighted by Gasteiger charge is 2.34. The van der Waals surface area contributed by atoms with Crippen molar-refractivity contribution < 1.29 is 28.7 Å². The molecule has 1 heterocycles. The van der Waals surface area contributed by atoms with Gasteiger partial charge in [0.1, 0.15) is 24.7 Å². The number of hydrogen-bond acceptors (Lipinski definition) is 6. The van der Waals surface area contributed by atoms with Gasteiger partial charge in [-0.2, -0.15) is 0 Å². The van der Waals surface area contributed by atoms with Gasteiger partial charge in [-0.1, -0.05) is 60.7 Å². The van der Waals surface area contributed by atoms with Crippen molar-refractivity contribution >= 4 is 29.7 Å². The normalized spacial score (nSPS) is 15.9. The standard InChI is InChI=1S/C24H27N5O6/c1-25-19(30)12-17(28-24(34)35-14-15-8-4-2-5-9-15)22(32)29-20(16-10-6-3-7-11-16)23(33)27-18-13-26-21(18)31/h2-11,17-18,20H,12-14H2,1H3,(H,25,30)(H,26,31)(H,27,33)(H,28,34)(H,29,32). The maximum Gasteiger partial charge on any atom is 0.408 e. The second kappa shape index (κ2) is 12.2. The number of nitrogens with one attached hydrogen (secondary N) is 5. The predicted molar refractivity (Wildman–Crippen MR) is 125 cm³/mol. The lowest BCUT2D eigenvalue weighted by atomic mass is 10.0. The number of alkyl carbamates (subject to hydrolysis) is 1. The summed E-state index contributed by atoms with van der Waals surface area (Å²) in [5.41, 5.74) is 1.21. The van der Waals surface area contributed by atoms with Crippen LogP contribution in [0.4, 0.5) is 4.79 Å². The van der Waals surface area contributed by atoms with E-state index in [4.69, 9.17) is 4.74 Å². The molecule has 0 aromatic heterocycles. The third-order valence-corrected chi connectivity index (χ3v) is 5.28. The topological polar surface area (TPSA) is 155 Å². The first kappa shape index (κ1) is 25.2. The number of benzene rings is 2. The molecule has 1 aliphatic heterocycles. The molecule has 1 fully saturated rings. The molecule has 2 aromatic rings. The van der Waals surface area contributed by atoms with Crippen molar-refractivity contribution in [2.75, 3.05) is 13.6 Å².